The predicted molar refractivity (Wildman–Crippen MR) is 108 cm³/mol. The van der Waals surface area contributed by atoms with Gasteiger partial charge in [0.05, 0.1) is 23.5 Å². The number of carbonyl (C=O) groups excluding carboxylic acids is 1. The van der Waals surface area contributed by atoms with Crippen molar-refractivity contribution in [2.24, 2.45) is 0 Å². The number of piperidine rings is 1. The number of alkyl halides is 3. The number of likely N-dealkylation sites (tertiary alicyclic amines) is 1. The molecule has 1 unspecified atom stereocenters. The van der Waals surface area contributed by atoms with Gasteiger partial charge in [0.1, 0.15) is 11.5 Å². The van der Waals surface area contributed by atoms with E-state index in [-0.39, 0.29) is 11.9 Å². The molecule has 1 aliphatic rings. The van der Waals surface area contributed by atoms with Gasteiger partial charge in [-0.1, -0.05) is 12.1 Å². The molecule has 3 aromatic rings. The second-order valence-electron chi connectivity index (χ2n) is 7.45. The lowest BCUT2D eigenvalue weighted by molar-refractivity contribution is -0.137. The fourth-order valence-electron chi connectivity index (χ4n) is 3.73. The molecule has 0 saturated carbocycles. The summed E-state index contributed by atoms with van der Waals surface area (Å²) in [6.45, 7) is 2.91. The molecule has 31 heavy (non-hydrogen) atoms. The number of hydrogen-bond donors (Lipinski definition) is 1. The van der Waals surface area contributed by atoms with Crippen molar-refractivity contribution in [2.45, 2.75) is 32.0 Å². The van der Waals surface area contributed by atoms with Crippen molar-refractivity contribution in [3.05, 3.63) is 65.6 Å². The summed E-state index contributed by atoms with van der Waals surface area (Å²) in [7, 11) is 0. The van der Waals surface area contributed by atoms with E-state index in [1.54, 1.807) is 23.4 Å². The van der Waals surface area contributed by atoms with E-state index in [1.165, 1.54) is 10.9 Å². The molecule has 162 valence electrons. The average molecular weight is 430 g/mol. The van der Waals surface area contributed by atoms with E-state index in [9.17, 15) is 18.0 Å². The van der Waals surface area contributed by atoms with Crippen molar-refractivity contribution in [1.82, 2.24) is 24.9 Å². The Balaban J connectivity index is 1.49. The first-order chi connectivity index (χ1) is 14.8. The number of nitrogens with one attached hydrogen (secondary N) is 1. The molecular weight excluding hydrogens is 409 g/mol. The normalized spacial score (nSPS) is 16.9. The van der Waals surface area contributed by atoms with Crippen LogP contribution in [0.1, 0.15) is 34.3 Å². The first-order valence-electron chi connectivity index (χ1n) is 9.88. The highest BCUT2D eigenvalue weighted by molar-refractivity contribution is 5.98. The lowest BCUT2D eigenvalue weighted by Gasteiger charge is -2.34. The van der Waals surface area contributed by atoms with Crippen LogP contribution in [0, 0.1) is 6.92 Å². The number of aryl methyl sites for hydroxylation is 1. The predicted octanol–water partition coefficient (Wildman–Crippen LogP) is 3.71. The number of aromatic nitrogens is 4. The third kappa shape index (κ3) is 4.52. The SMILES string of the molecule is Cc1cccc(C(=O)N2CCCC(Nc3ccc(C(F)(F)F)cn3)C2)c1-n1nccn1. The van der Waals surface area contributed by atoms with Crippen LogP contribution in [0.5, 0.6) is 0 Å². The van der Waals surface area contributed by atoms with Gasteiger partial charge in [-0.05, 0) is 43.5 Å². The fourth-order valence-corrected chi connectivity index (χ4v) is 3.73. The van der Waals surface area contributed by atoms with Gasteiger partial charge in [-0.15, -0.1) is 0 Å². The van der Waals surface area contributed by atoms with E-state index < -0.39 is 11.7 Å². The van der Waals surface area contributed by atoms with Gasteiger partial charge in [-0.3, -0.25) is 4.79 Å². The Bertz CT molecular complexity index is 1050. The minimum absolute atomic E-state index is 0.113. The quantitative estimate of drug-likeness (QED) is 0.683. The molecule has 3 heterocycles. The lowest BCUT2D eigenvalue weighted by atomic mass is 10.0. The summed E-state index contributed by atoms with van der Waals surface area (Å²) in [6.07, 6.45) is 1.05. The van der Waals surface area contributed by atoms with E-state index in [1.807, 2.05) is 19.1 Å². The number of carbonyl (C=O) groups is 1. The van der Waals surface area contributed by atoms with Crippen LogP contribution < -0.4 is 5.32 Å². The van der Waals surface area contributed by atoms with E-state index in [2.05, 4.69) is 20.5 Å². The van der Waals surface area contributed by atoms with Gasteiger partial charge in [-0.2, -0.15) is 28.2 Å². The monoisotopic (exact) mass is 430 g/mol. The summed E-state index contributed by atoms with van der Waals surface area (Å²) >= 11 is 0. The Morgan fingerprint density at radius 1 is 1.16 bits per heavy atom. The summed E-state index contributed by atoms with van der Waals surface area (Å²) in [4.78, 5) is 20.4. The molecule has 1 N–H and O–H groups in total. The van der Waals surface area contributed by atoms with Crippen molar-refractivity contribution in [1.29, 1.82) is 0 Å². The second-order valence-corrected chi connectivity index (χ2v) is 7.45. The van der Waals surface area contributed by atoms with E-state index in [0.717, 1.165) is 30.7 Å². The molecule has 1 saturated heterocycles. The molecule has 10 heteroatoms. The number of hydrogen-bond acceptors (Lipinski definition) is 5. The van der Waals surface area contributed by atoms with E-state index in [4.69, 9.17) is 0 Å². The van der Waals surface area contributed by atoms with E-state index in [0.29, 0.717) is 30.2 Å². The van der Waals surface area contributed by atoms with Crippen LogP contribution in [0.2, 0.25) is 0 Å². The van der Waals surface area contributed by atoms with Gasteiger partial charge >= 0.3 is 6.18 Å². The summed E-state index contributed by atoms with van der Waals surface area (Å²) < 4.78 is 38.2. The number of para-hydroxylation sites is 1. The lowest BCUT2D eigenvalue weighted by Crippen LogP contribution is -2.45. The van der Waals surface area contributed by atoms with Gasteiger partial charge in [0, 0.05) is 25.3 Å². The highest BCUT2D eigenvalue weighted by Gasteiger charge is 2.31. The molecule has 1 fully saturated rings. The first-order valence-corrected chi connectivity index (χ1v) is 9.88. The molecule has 0 spiro atoms. The van der Waals surface area contributed by atoms with Crippen molar-refractivity contribution < 1.29 is 18.0 Å². The van der Waals surface area contributed by atoms with Crippen LogP contribution in [0.3, 0.4) is 0 Å². The van der Waals surface area contributed by atoms with Crippen molar-refractivity contribution >= 4 is 11.7 Å². The standard InChI is InChI=1S/C21H21F3N6O/c1-14-4-2-6-17(19(14)30-26-9-10-27-30)20(31)29-11-3-5-16(13-29)28-18-8-7-15(12-25-18)21(22,23)24/h2,4,6-10,12,16H,3,5,11,13H2,1H3,(H,25,28). The number of amides is 1. The Labute approximate surface area is 176 Å². The molecular formula is C21H21F3N6O. The average Bonchev–Trinajstić information content (AvgIpc) is 3.27. The number of pyridine rings is 1. The maximum Gasteiger partial charge on any atom is 0.417 e. The maximum atomic E-state index is 13.3. The largest absolute Gasteiger partial charge is 0.417 e. The van der Waals surface area contributed by atoms with Gasteiger partial charge in [0.25, 0.3) is 5.91 Å². The second kappa shape index (κ2) is 8.37. The molecule has 7 nitrogen and oxygen atoms in total. The third-order valence-electron chi connectivity index (χ3n) is 5.24. The molecule has 1 amide bonds. The third-order valence-corrected chi connectivity index (χ3v) is 5.24. The van der Waals surface area contributed by atoms with Crippen LogP contribution in [-0.2, 0) is 6.18 Å². The summed E-state index contributed by atoms with van der Waals surface area (Å²) in [5, 5.41) is 11.5. The highest BCUT2D eigenvalue weighted by Crippen LogP contribution is 2.29. The Morgan fingerprint density at radius 3 is 2.61 bits per heavy atom. The number of nitrogens with zero attached hydrogens (tertiary/aromatic N) is 5. The van der Waals surface area contributed by atoms with Crippen LogP contribution >= 0.6 is 0 Å². The van der Waals surface area contributed by atoms with Gasteiger partial charge in [0.15, 0.2) is 0 Å². The van der Waals surface area contributed by atoms with Crippen molar-refractivity contribution in [3.8, 4) is 5.69 Å². The maximum absolute atomic E-state index is 13.3. The zero-order valence-electron chi connectivity index (χ0n) is 16.8. The zero-order valence-corrected chi connectivity index (χ0v) is 16.8. The van der Waals surface area contributed by atoms with Crippen molar-refractivity contribution in [3.63, 3.8) is 0 Å². The Hall–Kier alpha value is -3.43. The minimum Gasteiger partial charge on any atom is -0.366 e. The van der Waals surface area contributed by atoms with Gasteiger partial charge in [0.2, 0.25) is 0 Å². The van der Waals surface area contributed by atoms with Crippen LogP contribution in [0.4, 0.5) is 19.0 Å². The molecule has 0 radical (unpaired) electrons. The van der Waals surface area contributed by atoms with Gasteiger partial charge < -0.3 is 10.2 Å². The number of halogens is 3. The molecule has 0 bridgehead atoms. The zero-order chi connectivity index (χ0) is 22.0. The van der Waals surface area contributed by atoms with Gasteiger partial charge in [-0.25, -0.2) is 4.98 Å². The molecule has 1 aliphatic heterocycles. The topological polar surface area (TPSA) is 75.9 Å². The van der Waals surface area contributed by atoms with Crippen LogP contribution in [0.25, 0.3) is 5.69 Å². The Kier molecular flexibility index (Phi) is 5.62. The number of rotatable bonds is 4. The Morgan fingerprint density at radius 2 is 1.94 bits per heavy atom. The first kappa shape index (κ1) is 20.8. The molecule has 2 aromatic heterocycles. The van der Waals surface area contributed by atoms with E-state index >= 15 is 0 Å². The minimum atomic E-state index is -4.42. The smallest absolute Gasteiger partial charge is 0.366 e. The summed E-state index contributed by atoms with van der Waals surface area (Å²) in [6, 6.07) is 7.66. The van der Waals surface area contributed by atoms with Crippen LogP contribution in [0.15, 0.2) is 48.9 Å². The number of benzene rings is 1. The highest BCUT2D eigenvalue weighted by atomic mass is 19.4. The molecule has 0 aliphatic carbocycles. The summed E-state index contributed by atoms with van der Waals surface area (Å²) in [5.41, 5.74) is 1.22. The van der Waals surface area contributed by atoms with Crippen molar-refractivity contribution in [2.75, 3.05) is 18.4 Å². The molecule has 4 rings (SSSR count). The number of anilines is 1. The fraction of sp³-hybridized carbons (Fsp3) is 0.333. The molecule has 1 aromatic carbocycles. The molecule has 1 atom stereocenters. The summed E-state index contributed by atoms with van der Waals surface area (Å²) in [5.74, 6) is 0.215. The van der Waals surface area contributed by atoms with Crippen LogP contribution in [-0.4, -0.2) is 49.9 Å².